The molecule has 0 fully saturated rings. The molecule has 0 aliphatic carbocycles. The Labute approximate surface area is 232 Å². The van der Waals surface area contributed by atoms with Crippen LogP contribution in [0.5, 0.6) is 11.5 Å². The molecular weight excluding hydrogens is 535 g/mol. The number of nitrogens with one attached hydrogen (secondary N) is 1. The number of hydrogen-bond donors (Lipinski definition) is 2. The fourth-order valence-corrected chi connectivity index (χ4v) is 7.53. The van der Waals surface area contributed by atoms with Crippen molar-refractivity contribution in [3.8, 4) is 11.5 Å². The van der Waals surface area contributed by atoms with E-state index < -0.39 is 33.0 Å². The highest BCUT2D eigenvalue weighted by Crippen LogP contribution is 2.51. The molecule has 5 rings (SSSR count). The van der Waals surface area contributed by atoms with Gasteiger partial charge in [-0.2, -0.15) is 0 Å². The second-order valence-corrected chi connectivity index (χ2v) is 12.8. The standard InChI is InChI=1S/C29H29FN4O5S/c1-17(2)15-39-18-8-9-19(20(30)12-18)26-27-21(13-29(3,4)16-40(27,37)38)33-25-23(6-5-7-24(25)35)34(26)28(36)22-14-31-10-11-32-22/h5-12,14,26,33,35H,1,13,15-16H2,2-4H3. The average Bonchev–Trinajstić information content (AvgIpc) is 3.02. The highest BCUT2D eigenvalue weighted by molar-refractivity contribution is 7.95. The van der Waals surface area contributed by atoms with Gasteiger partial charge in [0.05, 0.1) is 22.5 Å². The summed E-state index contributed by atoms with van der Waals surface area (Å²) in [4.78, 5) is 23.2. The number of aromatic nitrogens is 2. The fourth-order valence-electron chi connectivity index (χ4n) is 5.17. The van der Waals surface area contributed by atoms with Crippen molar-refractivity contribution in [3.63, 3.8) is 0 Å². The summed E-state index contributed by atoms with van der Waals surface area (Å²) in [5.41, 5.74) is 0.495. The second-order valence-electron chi connectivity index (χ2n) is 10.8. The van der Waals surface area contributed by atoms with Crippen LogP contribution in [0.4, 0.5) is 15.8 Å². The monoisotopic (exact) mass is 564 g/mol. The molecule has 0 saturated heterocycles. The number of fused-ring (bicyclic) bond motifs is 1. The number of allylic oxidation sites excluding steroid dienone is 1. The molecule has 2 aliphatic heterocycles. The van der Waals surface area contributed by atoms with E-state index in [-0.39, 0.29) is 63.5 Å². The SMILES string of the molecule is C=C(C)COc1ccc(C2C3=C(CC(C)(C)CS3(=O)=O)Nc3c(O)cccc3N2C(=O)c2cnccn2)c(F)c1. The zero-order valence-electron chi connectivity index (χ0n) is 22.3. The number of phenols is 1. The van der Waals surface area contributed by atoms with Crippen molar-refractivity contribution in [1.29, 1.82) is 0 Å². The summed E-state index contributed by atoms with van der Waals surface area (Å²) >= 11 is 0. The van der Waals surface area contributed by atoms with Gasteiger partial charge in [0.25, 0.3) is 5.91 Å². The molecule has 2 N–H and O–H groups in total. The van der Waals surface area contributed by atoms with Crippen LogP contribution in [-0.4, -0.2) is 41.8 Å². The number of anilines is 2. The van der Waals surface area contributed by atoms with Gasteiger partial charge in [0.15, 0.2) is 9.84 Å². The van der Waals surface area contributed by atoms with Crippen LogP contribution < -0.4 is 15.0 Å². The van der Waals surface area contributed by atoms with Gasteiger partial charge >= 0.3 is 0 Å². The van der Waals surface area contributed by atoms with Crippen LogP contribution in [0, 0.1) is 11.2 Å². The molecule has 2 aliphatic rings. The molecule has 9 nitrogen and oxygen atoms in total. The third-order valence-electron chi connectivity index (χ3n) is 6.68. The Balaban J connectivity index is 1.81. The van der Waals surface area contributed by atoms with Gasteiger partial charge in [0.2, 0.25) is 0 Å². The minimum Gasteiger partial charge on any atom is -0.506 e. The molecule has 1 atom stereocenters. The van der Waals surface area contributed by atoms with Gasteiger partial charge in [-0.3, -0.25) is 14.7 Å². The summed E-state index contributed by atoms with van der Waals surface area (Å²) in [7, 11) is -4.04. The first kappa shape index (κ1) is 27.3. The van der Waals surface area contributed by atoms with E-state index in [1.54, 1.807) is 13.0 Å². The number of carbonyl (C=O) groups excluding carboxylic acids is 1. The summed E-state index contributed by atoms with van der Waals surface area (Å²) in [6, 6.07) is 7.18. The zero-order chi connectivity index (χ0) is 28.8. The molecule has 1 unspecified atom stereocenters. The molecular formula is C29H29FN4O5S. The third-order valence-corrected chi connectivity index (χ3v) is 8.99. The number of ether oxygens (including phenoxy) is 1. The Morgan fingerprint density at radius 2 is 2.05 bits per heavy atom. The van der Waals surface area contributed by atoms with Crippen molar-refractivity contribution >= 4 is 27.1 Å². The van der Waals surface area contributed by atoms with E-state index in [1.165, 1.54) is 42.9 Å². The number of hydrogen-bond acceptors (Lipinski definition) is 8. The van der Waals surface area contributed by atoms with Crippen LogP contribution in [0.25, 0.3) is 0 Å². The summed E-state index contributed by atoms with van der Waals surface area (Å²) in [6.45, 7) is 9.36. The number of carbonyl (C=O) groups is 1. The topological polar surface area (TPSA) is 122 Å². The lowest BCUT2D eigenvalue weighted by Crippen LogP contribution is -2.41. The van der Waals surface area contributed by atoms with E-state index >= 15 is 4.39 Å². The van der Waals surface area contributed by atoms with Crippen LogP contribution in [0.15, 0.2) is 77.7 Å². The highest BCUT2D eigenvalue weighted by Gasteiger charge is 2.48. The maximum absolute atomic E-state index is 16.0. The number of sulfone groups is 1. The fraction of sp³-hybridized carbons (Fsp3) is 0.276. The van der Waals surface area contributed by atoms with Crippen LogP contribution in [-0.2, 0) is 9.84 Å². The Morgan fingerprint density at radius 1 is 1.27 bits per heavy atom. The minimum absolute atomic E-state index is 0.0614. The van der Waals surface area contributed by atoms with Gasteiger partial charge in [-0.15, -0.1) is 0 Å². The lowest BCUT2D eigenvalue weighted by atomic mass is 9.88. The van der Waals surface area contributed by atoms with Crippen molar-refractivity contribution in [3.05, 3.63) is 94.8 Å². The molecule has 1 aromatic heterocycles. The number of para-hydroxylation sites is 1. The molecule has 0 saturated carbocycles. The molecule has 2 aromatic carbocycles. The first-order valence-electron chi connectivity index (χ1n) is 12.6. The van der Waals surface area contributed by atoms with E-state index in [0.717, 1.165) is 16.5 Å². The summed E-state index contributed by atoms with van der Waals surface area (Å²) in [5.74, 6) is -1.68. The smallest absolute Gasteiger partial charge is 0.279 e. The maximum Gasteiger partial charge on any atom is 0.279 e. The summed E-state index contributed by atoms with van der Waals surface area (Å²) in [6.07, 6.45) is 4.26. The average molecular weight is 565 g/mol. The van der Waals surface area contributed by atoms with Crippen molar-refractivity contribution in [2.45, 2.75) is 33.2 Å². The lowest BCUT2D eigenvalue weighted by molar-refractivity contribution is 0.0975. The largest absolute Gasteiger partial charge is 0.506 e. The van der Waals surface area contributed by atoms with E-state index in [2.05, 4.69) is 21.9 Å². The van der Waals surface area contributed by atoms with Crippen LogP contribution >= 0.6 is 0 Å². The van der Waals surface area contributed by atoms with Gasteiger partial charge in [-0.1, -0.05) is 26.5 Å². The van der Waals surface area contributed by atoms with Crippen molar-refractivity contribution < 1.29 is 27.4 Å². The van der Waals surface area contributed by atoms with Gasteiger partial charge in [0, 0.05) is 29.7 Å². The normalized spacial score (nSPS) is 19.1. The van der Waals surface area contributed by atoms with E-state index in [4.69, 9.17) is 4.74 Å². The van der Waals surface area contributed by atoms with E-state index in [0.29, 0.717) is 0 Å². The summed E-state index contributed by atoms with van der Waals surface area (Å²) < 4.78 is 49.5. The summed E-state index contributed by atoms with van der Waals surface area (Å²) in [5, 5.41) is 14.0. The molecule has 3 aromatic rings. The Kier molecular flexibility index (Phi) is 6.87. The lowest BCUT2D eigenvalue weighted by Gasteiger charge is -2.37. The van der Waals surface area contributed by atoms with Gasteiger partial charge in [-0.05, 0) is 48.6 Å². The quantitative estimate of drug-likeness (QED) is 0.323. The highest BCUT2D eigenvalue weighted by atomic mass is 32.2. The zero-order valence-corrected chi connectivity index (χ0v) is 23.1. The number of benzene rings is 2. The van der Waals surface area contributed by atoms with E-state index in [9.17, 15) is 18.3 Å². The number of nitrogens with zero attached hydrogens (tertiary/aromatic N) is 3. The Morgan fingerprint density at radius 3 is 2.73 bits per heavy atom. The minimum atomic E-state index is -4.04. The van der Waals surface area contributed by atoms with E-state index in [1.807, 2.05) is 13.8 Å². The number of amides is 1. The number of rotatable bonds is 5. The van der Waals surface area contributed by atoms with Crippen LogP contribution in [0.1, 0.15) is 49.3 Å². The van der Waals surface area contributed by atoms with Crippen molar-refractivity contribution in [1.82, 2.24) is 9.97 Å². The first-order valence-corrected chi connectivity index (χ1v) is 14.2. The van der Waals surface area contributed by atoms with Crippen LogP contribution in [0.3, 0.4) is 0 Å². The predicted octanol–water partition coefficient (Wildman–Crippen LogP) is 5.15. The molecule has 0 bridgehead atoms. The second kappa shape index (κ2) is 10.1. The molecule has 3 heterocycles. The Bertz CT molecular complexity index is 1650. The number of halogens is 1. The van der Waals surface area contributed by atoms with Crippen LogP contribution in [0.2, 0.25) is 0 Å². The van der Waals surface area contributed by atoms with Gasteiger partial charge in [0.1, 0.15) is 41.3 Å². The Hall–Kier alpha value is -4.25. The number of phenolic OH excluding ortho intramolecular Hbond substituents is 1. The molecule has 0 spiro atoms. The maximum atomic E-state index is 16.0. The molecule has 11 heteroatoms. The van der Waals surface area contributed by atoms with Gasteiger partial charge < -0.3 is 15.2 Å². The first-order chi connectivity index (χ1) is 18.9. The molecule has 40 heavy (non-hydrogen) atoms. The number of aromatic hydroxyl groups is 1. The van der Waals surface area contributed by atoms with Crippen molar-refractivity contribution in [2.75, 3.05) is 22.6 Å². The molecule has 1 amide bonds. The molecule has 0 radical (unpaired) electrons. The third kappa shape index (κ3) is 5.04. The molecule has 208 valence electrons. The van der Waals surface area contributed by atoms with Gasteiger partial charge in [-0.25, -0.2) is 17.8 Å². The van der Waals surface area contributed by atoms with Crippen molar-refractivity contribution in [2.24, 2.45) is 5.41 Å². The predicted molar refractivity (Wildman–Crippen MR) is 149 cm³/mol.